The second-order valence-corrected chi connectivity index (χ2v) is 9.33. The Morgan fingerprint density at radius 1 is 1.12 bits per heavy atom. The molecule has 0 aliphatic heterocycles. The van der Waals surface area contributed by atoms with Gasteiger partial charge in [0.1, 0.15) is 0 Å². The maximum Gasteiger partial charge on any atom is 0.254 e. The summed E-state index contributed by atoms with van der Waals surface area (Å²) in [6, 6.07) is 17.1. The fraction of sp³-hybridized carbons (Fsp3) is 0.321. The number of hydrogen-bond acceptors (Lipinski definition) is 3. The number of rotatable bonds is 5. The van der Waals surface area contributed by atoms with Crippen LogP contribution in [0.4, 0.5) is 0 Å². The first-order chi connectivity index (χ1) is 16.0. The lowest BCUT2D eigenvalue weighted by molar-refractivity contribution is 0.0948. The van der Waals surface area contributed by atoms with Crippen LogP contribution in [-0.4, -0.2) is 27.0 Å². The van der Waals surface area contributed by atoms with Gasteiger partial charge in [-0.05, 0) is 54.4 Å². The monoisotopic (exact) mass is 438 g/mol. The summed E-state index contributed by atoms with van der Waals surface area (Å²) >= 11 is 0. The smallest absolute Gasteiger partial charge is 0.254 e. The van der Waals surface area contributed by atoms with Crippen LogP contribution in [0, 0.1) is 6.92 Å². The van der Waals surface area contributed by atoms with Gasteiger partial charge in [-0.1, -0.05) is 62.4 Å². The van der Waals surface area contributed by atoms with E-state index in [0.29, 0.717) is 23.9 Å². The minimum atomic E-state index is -0.0942. The molecule has 0 fully saturated rings. The van der Waals surface area contributed by atoms with Crippen molar-refractivity contribution in [1.29, 1.82) is 0 Å². The van der Waals surface area contributed by atoms with Crippen LogP contribution in [0.2, 0.25) is 0 Å². The number of benzene rings is 2. The number of hydrogen-bond donors (Lipinski definition) is 1. The highest BCUT2D eigenvalue weighted by Crippen LogP contribution is 2.31. The second kappa shape index (κ2) is 8.81. The van der Waals surface area contributed by atoms with Crippen LogP contribution in [0.5, 0.6) is 0 Å². The minimum absolute atomic E-state index is 0.0942. The van der Waals surface area contributed by atoms with Gasteiger partial charge in [-0.2, -0.15) is 5.10 Å². The molecule has 33 heavy (non-hydrogen) atoms. The van der Waals surface area contributed by atoms with E-state index in [4.69, 9.17) is 0 Å². The number of nitrogens with zero attached hydrogens (tertiary/aromatic N) is 3. The molecule has 1 atom stereocenters. The molecule has 5 nitrogen and oxygen atoms in total. The molecule has 1 amide bonds. The van der Waals surface area contributed by atoms with Crippen LogP contribution >= 0.6 is 0 Å². The normalized spacial score (nSPS) is 15.6. The highest BCUT2D eigenvalue weighted by molar-refractivity contribution is 5.95. The third-order valence-electron chi connectivity index (χ3n) is 6.90. The van der Waals surface area contributed by atoms with Crippen molar-refractivity contribution in [3.63, 3.8) is 0 Å². The predicted molar refractivity (Wildman–Crippen MR) is 132 cm³/mol. The second-order valence-electron chi connectivity index (χ2n) is 9.33. The number of amides is 1. The van der Waals surface area contributed by atoms with Gasteiger partial charge in [0.2, 0.25) is 0 Å². The van der Waals surface area contributed by atoms with Gasteiger partial charge in [-0.15, -0.1) is 0 Å². The lowest BCUT2D eigenvalue weighted by atomic mass is 9.83. The topological polar surface area (TPSA) is 59.3 Å². The molecular weight excluding hydrogens is 408 g/mol. The Hall–Kier alpha value is -3.47. The molecule has 0 saturated heterocycles. The van der Waals surface area contributed by atoms with Crippen LogP contribution < -0.4 is 5.32 Å². The maximum atomic E-state index is 13.0. The number of nitrogens with one attached hydrogen (secondary N) is 1. The molecule has 1 unspecified atom stereocenters. The first-order valence-corrected chi connectivity index (χ1v) is 11.8. The van der Waals surface area contributed by atoms with Gasteiger partial charge in [0.15, 0.2) is 5.65 Å². The fourth-order valence-corrected chi connectivity index (χ4v) is 4.90. The Balaban J connectivity index is 1.36. The van der Waals surface area contributed by atoms with Crippen molar-refractivity contribution in [2.45, 2.75) is 51.9 Å². The Morgan fingerprint density at radius 3 is 2.70 bits per heavy atom. The largest absolute Gasteiger partial charge is 0.351 e. The van der Waals surface area contributed by atoms with Crippen LogP contribution in [0.15, 0.2) is 60.9 Å². The molecule has 1 N–H and O–H groups in total. The molecule has 5 heteroatoms. The van der Waals surface area contributed by atoms with E-state index in [1.807, 2.05) is 13.1 Å². The predicted octanol–water partition coefficient (Wildman–Crippen LogP) is 5.68. The summed E-state index contributed by atoms with van der Waals surface area (Å²) < 4.78 is 1.77. The third kappa shape index (κ3) is 4.04. The van der Waals surface area contributed by atoms with Crippen LogP contribution in [0.25, 0.3) is 16.8 Å². The van der Waals surface area contributed by atoms with Gasteiger partial charge in [0.05, 0.1) is 17.5 Å². The summed E-state index contributed by atoms with van der Waals surface area (Å²) in [5.41, 5.74) is 8.26. The van der Waals surface area contributed by atoms with E-state index in [9.17, 15) is 4.79 Å². The zero-order chi connectivity index (χ0) is 22.9. The zero-order valence-electron chi connectivity index (χ0n) is 19.5. The molecule has 0 radical (unpaired) electrons. The number of aryl methyl sites for hydroxylation is 2. The summed E-state index contributed by atoms with van der Waals surface area (Å²) in [7, 11) is 0. The van der Waals surface area contributed by atoms with Crippen molar-refractivity contribution in [3.8, 4) is 11.1 Å². The average Bonchev–Trinajstić information content (AvgIpc) is 3.28. The molecule has 2 aromatic carbocycles. The van der Waals surface area contributed by atoms with Crippen LogP contribution in [-0.2, 0) is 6.42 Å². The summed E-state index contributed by atoms with van der Waals surface area (Å²) in [6.45, 7) is 6.95. The summed E-state index contributed by atoms with van der Waals surface area (Å²) in [5.74, 6) is 0.760. The molecule has 5 rings (SSSR count). The number of carbonyl (C=O) groups is 1. The van der Waals surface area contributed by atoms with E-state index in [1.54, 1.807) is 10.7 Å². The van der Waals surface area contributed by atoms with Crippen molar-refractivity contribution in [3.05, 3.63) is 88.9 Å². The van der Waals surface area contributed by atoms with E-state index >= 15 is 0 Å². The van der Waals surface area contributed by atoms with Crippen molar-refractivity contribution in [1.82, 2.24) is 19.9 Å². The zero-order valence-corrected chi connectivity index (χ0v) is 19.5. The SMILES string of the molecule is Cc1c(C(=O)NCC2CCCc3ccccc32)cnc2c(-c3ccc(C(C)C)cc3)cnn12. The van der Waals surface area contributed by atoms with Crippen LogP contribution in [0.3, 0.4) is 0 Å². The molecule has 4 aromatic rings. The first kappa shape index (κ1) is 21.4. The lowest BCUT2D eigenvalue weighted by Gasteiger charge is -2.25. The molecule has 2 aromatic heterocycles. The minimum Gasteiger partial charge on any atom is -0.351 e. The molecule has 168 valence electrons. The lowest BCUT2D eigenvalue weighted by Crippen LogP contribution is -2.31. The number of fused-ring (bicyclic) bond motifs is 2. The standard InChI is InChI=1S/C28H30N4O/c1-18(2)20-11-13-22(14-12-20)26-17-31-32-19(3)25(16-29-27(26)32)28(33)30-15-23-9-6-8-21-7-4-5-10-24(21)23/h4-5,7,10-14,16-18,23H,6,8-9,15H2,1-3H3,(H,30,33). The molecule has 2 heterocycles. The highest BCUT2D eigenvalue weighted by atomic mass is 16.1. The fourth-order valence-electron chi connectivity index (χ4n) is 4.90. The molecule has 0 bridgehead atoms. The Labute approximate surface area is 194 Å². The van der Waals surface area contributed by atoms with E-state index in [1.165, 1.54) is 16.7 Å². The highest BCUT2D eigenvalue weighted by Gasteiger charge is 2.22. The Morgan fingerprint density at radius 2 is 1.91 bits per heavy atom. The Bertz CT molecular complexity index is 1300. The Kier molecular flexibility index (Phi) is 5.71. The molecular formula is C28H30N4O. The van der Waals surface area contributed by atoms with Crippen molar-refractivity contribution < 1.29 is 4.79 Å². The van der Waals surface area contributed by atoms with Gasteiger partial charge >= 0.3 is 0 Å². The number of carbonyl (C=O) groups excluding carboxylic acids is 1. The van der Waals surface area contributed by atoms with Gasteiger partial charge in [0, 0.05) is 24.2 Å². The number of aromatic nitrogens is 3. The van der Waals surface area contributed by atoms with E-state index < -0.39 is 0 Å². The molecule has 0 saturated carbocycles. The molecule has 1 aliphatic rings. The van der Waals surface area contributed by atoms with Crippen molar-refractivity contribution >= 4 is 11.6 Å². The molecule has 1 aliphatic carbocycles. The van der Waals surface area contributed by atoms with Crippen molar-refractivity contribution in [2.24, 2.45) is 0 Å². The molecule has 0 spiro atoms. The summed E-state index contributed by atoms with van der Waals surface area (Å²) in [5, 5.41) is 7.70. The van der Waals surface area contributed by atoms with Gasteiger partial charge in [-0.25, -0.2) is 9.50 Å². The maximum absolute atomic E-state index is 13.0. The first-order valence-electron chi connectivity index (χ1n) is 11.8. The van der Waals surface area contributed by atoms with E-state index in [0.717, 1.165) is 41.7 Å². The third-order valence-corrected chi connectivity index (χ3v) is 6.90. The van der Waals surface area contributed by atoms with E-state index in [2.05, 4.69) is 77.8 Å². The summed E-state index contributed by atoms with van der Waals surface area (Å²) in [6.07, 6.45) is 6.91. The summed E-state index contributed by atoms with van der Waals surface area (Å²) in [4.78, 5) is 17.7. The van der Waals surface area contributed by atoms with Crippen molar-refractivity contribution in [2.75, 3.05) is 6.54 Å². The van der Waals surface area contributed by atoms with E-state index in [-0.39, 0.29) is 5.91 Å². The van der Waals surface area contributed by atoms with Gasteiger partial charge in [-0.3, -0.25) is 4.79 Å². The average molecular weight is 439 g/mol. The quantitative estimate of drug-likeness (QED) is 0.436. The van der Waals surface area contributed by atoms with Crippen LogP contribution in [0.1, 0.15) is 71.3 Å². The van der Waals surface area contributed by atoms with Gasteiger partial charge < -0.3 is 5.32 Å². The van der Waals surface area contributed by atoms with Gasteiger partial charge in [0.25, 0.3) is 5.91 Å².